The Morgan fingerprint density at radius 1 is 1.21 bits per heavy atom. The van der Waals surface area contributed by atoms with E-state index in [2.05, 4.69) is 0 Å². The molecule has 1 aliphatic carbocycles. The minimum atomic E-state index is -0.994. The first-order valence-corrected chi connectivity index (χ1v) is 7.26. The third kappa shape index (κ3) is 2.48. The molecule has 19 heavy (non-hydrogen) atoms. The van der Waals surface area contributed by atoms with Crippen molar-refractivity contribution in [2.45, 2.75) is 69.4 Å². The van der Waals surface area contributed by atoms with Gasteiger partial charge >= 0.3 is 5.97 Å². The summed E-state index contributed by atoms with van der Waals surface area (Å²) in [6, 6.07) is 0. The minimum absolute atomic E-state index is 0.0776. The quantitative estimate of drug-likeness (QED) is 0.809. The molecule has 0 bridgehead atoms. The molecule has 1 saturated carbocycles. The number of nitrogens with zero attached hydrogens (tertiary/aromatic N) is 1. The summed E-state index contributed by atoms with van der Waals surface area (Å²) in [7, 11) is 0. The van der Waals surface area contributed by atoms with Crippen molar-refractivity contribution in [1.29, 1.82) is 0 Å². The van der Waals surface area contributed by atoms with Crippen LogP contribution in [0.1, 0.15) is 58.3 Å². The molecule has 108 valence electrons. The summed E-state index contributed by atoms with van der Waals surface area (Å²) < 4.78 is 0. The molecule has 1 heterocycles. The molecule has 1 saturated heterocycles. The van der Waals surface area contributed by atoms with Gasteiger partial charge in [-0.1, -0.05) is 19.8 Å². The Bertz CT molecular complexity index is 377. The van der Waals surface area contributed by atoms with Crippen molar-refractivity contribution >= 4 is 11.9 Å². The van der Waals surface area contributed by atoms with Gasteiger partial charge in [-0.05, 0) is 32.1 Å². The lowest BCUT2D eigenvalue weighted by Crippen LogP contribution is -2.54. The summed E-state index contributed by atoms with van der Waals surface area (Å²) in [5.41, 5.74) is 4.84. The van der Waals surface area contributed by atoms with Crippen LogP contribution in [0.4, 0.5) is 0 Å². The maximum absolute atomic E-state index is 12.5. The van der Waals surface area contributed by atoms with Gasteiger partial charge in [0.25, 0.3) is 0 Å². The molecule has 0 aromatic carbocycles. The van der Waals surface area contributed by atoms with Crippen molar-refractivity contribution < 1.29 is 14.7 Å². The lowest BCUT2D eigenvalue weighted by Gasteiger charge is -2.36. The average molecular weight is 268 g/mol. The van der Waals surface area contributed by atoms with Crippen LogP contribution in [0.2, 0.25) is 0 Å². The van der Waals surface area contributed by atoms with E-state index >= 15 is 0 Å². The number of nitrogens with two attached hydrogens (primary N) is 1. The van der Waals surface area contributed by atoms with Crippen LogP contribution in [0.5, 0.6) is 0 Å². The highest BCUT2D eigenvalue weighted by atomic mass is 16.4. The van der Waals surface area contributed by atoms with Gasteiger partial charge in [0.2, 0.25) is 5.91 Å². The molecule has 5 heteroatoms. The standard InChI is InChI=1S/C14H24N2O3/c1-2-14(12(18)19)8-5-9-16(14)11(17)10-13(15)6-3-4-7-13/h2-10,15H2,1H3,(H,18,19). The summed E-state index contributed by atoms with van der Waals surface area (Å²) in [5.74, 6) is -0.954. The van der Waals surface area contributed by atoms with E-state index in [9.17, 15) is 14.7 Å². The zero-order chi connectivity index (χ0) is 14.1. The van der Waals surface area contributed by atoms with Crippen LogP contribution in [0.15, 0.2) is 0 Å². The number of carbonyl (C=O) groups is 2. The monoisotopic (exact) mass is 268 g/mol. The molecule has 5 nitrogen and oxygen atoms in total. The maximum Gasteiger partial charge on any atom is 0.329 e. The Kier molecular flexibility index (Phi) is 3.85. The molecule has 0 radical (unpaired) electrons. The first-order valence-electron chi connectivity index (χ1n) is 7.26. The number of carbonyl (C=O) groups excluding carboxylic acids is 1. The summed E-state index contributed by atoms with van der Waals surface area (Å²) in [6.07, 6.45) is 5.97. The van der Waals surface area contributed by atoms with Crippen LogP contribution in [0.3, 0.4) is 0 Å². The van der Waals surface area contributed by atoms with E-state index in [0.29, 0.717) is 25.8 Å². The second-order valence-electron chi connectivity index (χ2n) is 6.09. The smallest absolute Gasteiger partial charge is 0.329 e. The number of rotatable bonds is 4. The maximum atomic E-state index is 12.5. The number of amides is 1. The Labute approximate surface area is 114 Å². The molecular weight excluding hydrogens is 244 g/mol. The average Bonchev–Trinajstić information content (AvgIpc) is 2.95. The molecule has 1 unspecified atom stereocenters. The highest BCUT2D eigenvalue weighted by molar-refractivity contribution is 5.88. The molecule has 2 rings (SSSR count). The Balaban J connectivity index is 2.11. The van der Waals surface area contributed by atoms with Gasteiger partial charge in [-0.3, -0.25) is 4.79 Å². The third-order valence-electron chi connectivity index (χ3n) is 4.88. The summed E-state index contributed by atoms with van der Waals surface area (Å²) in [4.78, 5) is 25.6. The fraction of sp³-hybridized carbons (Fsp3) is 0.857. The second-order valence-corrected chi connectivity index (χ2v) is 6.09. The number of aliphatic carboxylic acids is 1. The van der Waals surface area contributed by atoms with Crippen molar-refractivity contribution in [3.8, 4) is 0 Å². The third-order valence-corrected chi connectivity index (χ3v) is 4.88. The number of hydrogen-bond acceptors (Lipinski definition) is 3. The van der Waals surface area contributed by atoms with E-state index in [1.54, 1.807) is 4.90 Å². The van der Waals surface area contributed by atoms with Gasteiger partial charge in [-0.15, -0.1) is 0 Å². The Hall–Kier alpha value is -1.10. The van der Waals surface area contributed by atoms with Gasteiger partial charge in [-0.2, -0.15) is 0 Å². The molecule has 1 atom stereocenters. The molecule has 1 amide bonds. The van der Waals surface area contributed by atoms with Gasteiger partial charge in [0.15, 0.2) is 0 Å². The van der Waals surface area contributed by atoms with Gasteiger partial charge in [0.05, 0.1) is 0 Å². The van der Waals surface area contributed by atoms with Gasteiger partial charge in [0.1, 0.15) is 5.54 Å². The van der Waals surface area contributed by atoms with Crippen LogP contribution in [-0.2, 0) is 9.59 Å². The first-order chi connectivity index (χ1) is 8.93. The molecule has 2 fully saturated rings. The molecule has 1 aliphatic heterocycles. The number of likely N-dealkylation sites (tertiary alicyclic amines) is 1. The lowest BCUT2D eigenvalue weighted by atomic mass is 9.90. The van der Waals surface area contributed by atoms with E-state index in [4.69, 9.17) is 5.73 Å². The lowest BCUT2D eigenvalue weighted by molar-refractivity contribution is -0.157. The molecule has 3 N–H and O–H groups in total. The Morgan fingerprint density at radius 3 is 2.37 bits per heavy atom. The van der Waals surface area contributed by atoms with Crippen molar-refractivity contribution in [3.63, 3.8) is 0 Å². The molecule has 0 aromatic rings. The van der Waals surface area contributed by atoms with Crippen LogP contribution >= 0.6 is 0 Å². The molecule has 2 aliphatic rings. The predicted octanol–water partition coefficient (Wildman–Crippen LogP) is 1.50. The number of carboxylic acid groups (broad SMARTS) is 1. The van der Waals surface area contributed by atoms with Crippen LogP contribution < -0.4 is 5.73 Å². The summed E-state index contributed by atoms with van der Waals surface area (Å²) >= 11 is 0. The van der Waals surface area contributed by atoms with E-state index in [0.717, 1.165) is 32.1 Å². The van der Waals surface area contributed by atoms with E-state index in [-0.39, 0.29) is 5.91 Å². The van der Waals surface area contributed by atoms with Crippen molar-refractivity contribution in [2.75, 3.05) is 6.54 Å². The van der Waals surface area contributed by atoms with E-state index < -0.39 is 17.0 Å². The minimum Gasteiger partial charge on any atom is -0.479 e. The van der Waals surface area contributed by atoms with Crippen molar-refractivity contribution in [1.82, 2.24) is 4.90 Å². The molecule has 0 spiro atoms. The number of carboxylic acids is 1. The Morgan fingerprint density at radius 2 is 1.84 bits per heavy atom. The SMILES string of the molecule is CCC1(C(=O)O)CCCN1C(=O)CC1(N)CCCC1. The molecular formula is C14H24N2O3. The van der Waals surface area contributed by atoms with Crippen molar-refractivity contribution in [2.24, 2.45) is 5.73 Å². The predicted molar refractivity (Wildman–Crippen MR) is 71.6 cm³/mol. The normalized spacial score (nSPS) is 29.7. The highest BCUT2D eigenvalue weighted by Gasteiger charge is 2.49. The van der Waals surface area contributed by atoms with Gasteiger partial charge < -0.3 is 15.7 Å². The topological polar surface area (TPSA) is 83.6 Å². The van der Waals surface area contributed by atoms with Crippen molar-refractivity contribution in [3.05, 3.63) is 0 Å². The van der Waals surface area contributed by atoms with Gasteiger partial charge in [0, 0.05) is 18.5 Å². The fourth-order valence-corrected chi connectivity index (χ4v) is 3.64. The highest BCUT2D eigenvalue weighted by Crippen LogP contribution is 2.36. The second kappa shape index (κ2) is 5.12. The zero-order valence-corrected chi connectivity index (χ0v) is 11.7. The first kappa shape index (κ1) is 14.3. The molecule has 0 aromatic heterocycles. The number of hydrogen-bond donors (Lipinski definition) is 2. The van der Waals surface area contributed by atoms with Crippen LogP contribution in [0, 0.1) is 0 Å². The fourth-order valence-electron chi connectivity index (χ4n) is 3.64. The van der Waals surface area contributed by atoms with E-state index in [1.807, 2.05) is 6.92 Å². The summed E-state index contributed by atoms with van der Waals surface area (Å²) in [6.45, 7) is 2.39. The zero-order valence-electron chi connectivity index (χ0n) is 11.7. The van der Waals surface area contributed by atoms with E-state index in [1.165, 1.54) is 0 Å². The summed E-state index contributed by atoms with van der Waals surface area (Å²) in [5, 5.41) is 9.48. The van der Waals surface area contributed by atoms with Crippen LogP contribution in [0.25, 0.3) is 0 Å². The largest absolute Gasteiger partial charge is 0.479 e. The van der Waals surface area contributed by atoms with Crippen LogP contribution in [-0.4, -0.2) is 39.5 Å². The van der Waals surface area contributed by atoms with Gasteiger partial charge in [-0.25, -0.2) is 4.79 Å².